The Labute approximate surface area is 98.2 Å². The van der Waals surface area contributed by atoms with E-state index in [-0.39, 0.29) is 0 Å². The molecule has 5 heteroatoms. The Balaban J connectivity index is 2.49. The van der Waals surface area contributed by atoms with Crippen molar-refractivity contribution in [3.8, 4) is 17.0 Å². The van der Waals surface area contributed by atoms with Crippen LogP contribution in [0, 0.1) is 0 Å². The van der Waals surface area contributed by atoms with Gasteiger partial charge in [-0.3, -0.25) is 0 Å². The number of nitrogens with zero attached hydrogens (tertiary/aromatic N) is 1. The second kappa shape index (κ2) is 4.45. The summed E-state index contributed by atoms with van der Waals surface area (Å²) >= 11 is 5.93. The van der Waals surface area contributed by atoms with Gasteiger partial charge in [-0.05, 0) is 18.2 Å². The maximum Gasteiger partial charge on any atom is 0.294 e. The molecule has 84 valence electrons. The van der Waals surface area contributed by atoms with E-state index in [1.165, 1.54) is 0 Å². The van der Waals surface area contributed by atoms with E-state index in [0.29, 0.717) is 22.5 Å². The van der Waals surface area contributed by atoms with Gasteiger partial charge in [0, 0.05) is 17.6 Å². The van der Waals surface area contributed by atoms with Crippen LogP contribution >= 0.6 is 11.6 Å². The minimum absolute atomic E-state index is 0.456. The molecule has 0 saturated heterocycles. The van der Waals surface area contributed by atoms with Gasteiger partial charge >= 0.3 is 0 Å². The van der Waals surface area contributed by atoms with Crippen LogP contribution in [0.25, 0.3) is 11.3 Å². The lowest BCUT2D eigenvalue weighted by Gasteiger charge is -2.05. The number of methoxy groups -OCH3 is 1. The summed E-state index contributed by atoms with van der Waals surface area (Å²) in [6, 6.07) is 5.81. The molecule has 0 unspecified atom stereocenters. The van der Waals surface area contributed by atoms with Crippen LogP contribution in [-0.2, 0) is 0 Å². The quantitative estimate of drug-likeness (QED) is 0.893. The van der Waals surface area contributed by atoms with Gasteiger partial charge < -0.3 is 14.5 Å². The third-order valence-corrected chi connectivity index (χ3v) is 2.39. The van der Waals surface area contributed by atoms with Gasteiger partial charge in [0.15, 0.2) is 0 Å². The molecule has 0 bridgehead atoms. The van der Waals surface area contributed by atoms with E-state index in [0.717, 1.165) is 5.56 Å². The van der Waals surface area contributed by atoms with Crippen LogP contribution in [0.4, 0.5) is 6.01 Å². The maximum absolute atomic E-state index is 5.93. The maximum atomic E-state index is 5.93. The second-order valence-corrected chi connectivity index (χ2v) is 3.57. The zero-order chi connectivity index (χ0) is 11.5. The number of rotatable bonds is 3. The summed E-state index contributed by atoms with van der Waals surface area (Å²) in [6.45, 7) is 0. The number of hydrogen-bond acceptors (Lipinski definition) is 4. The third-order valence-electron chi connectivity index (χ3n) is 2.16. The Hall–Kier alpha value is -1.68. The first-order valence-corrected chi connectivity index (χ1v) is 5.09. The Kier molecular flexibility index (Phi) is 3.01. The topological polar surface area (TPSA) is 47.3 Å². The van der Waals surface area contributed by atoms with Gasteiger partial charge in [0.1, 0.15) is 17.7 Å². The van der Waals surface area contributed by atoms with Crippen LogP contribution in [0.2, 0.25) is 5.02 Å². The minimum Gasteiger partial charge on any atom is -0.496 e. The fraction of sp³-hybridized carbons (Fsp3) is 0.182. The van der Waals surface area contributed by atoms with Crippen molar-refractivity contribution in [3.05, 3.63) is 29.5 Å². The highest BCUT2D eigenvalue weighted by atomic mass is 35.5. The molecule has 0 aliphatic rings. The Morgan fingerprint density at radius 1 is 1.44 bits per heavy atom. The second-order valence-electron chi connectivity index (χ2n) is 3.13. The molecular weight excluding hydrogens is 228 g/mol. The van der Waals surface area contributed by atoms with E-state index in [1.54, 1.807) is 38.6 Å². The predicted molar refractivity (Wildman–Crippen MR) is 63.0 cm³/mol. The van der Waals surface area contributed by atoms with Crippen molar-refractivity contribution in [2.45, 2.75) is 0 Å². The molecule has 0 aliphatic heterocycles. The zero-order valence-corrected chi connectivity index (χ0v) is 9.71. The number of hydrogen-bond donors (Lipinski definition) is 1. The Morgan fingerprint density at radius 2 is 2.25 bits per heavy atom. The largest absolute Gasteiger partial charge is 0.496 e. The molecular formula is C11H11ClN2O2. The summed E-state index contributed by atoms with van der Waals surface area (Å²) in [4.78, 5) is 4.23. The fourth-order valence-electron chi connectivity index (χ4n) is 1.39. The molecule has 1 N–H and O–H groups in total. The lowest BCUT2D eigenvalue weighted by molar-refractivity contribution is 0.416. The number of halogens is 1. The summed E-state index contributed by atoms with van der Waals surface area (Å²) in [5.41, 5.74) is 1.49. The fourth-order valence-corrected chi connectivity index (χ4v) is 1.56. The molecule has 0 aliphatic carbocycles. The minimum atomic E-state index is 0.456. The van der Waals surface area contributed by atoms with Crippen LogP contribution in [-0.4, -0.2) is 19.1 Å². The molecule has 16 heavy (non-hydrogen) atoms. The van der Waals surface area contributed by atoms with Crippen LogP contribution in [0.15, 0.2) is 28.9 Å². The van der Waals surface area contributed by atoms with Crippen LogP contribution < -0.4 is 10.1 Å². The Bertz CT molecular complexity index is 496. The van der Waals surface area contributed by atoms with E-state index in [4.69, 9.17) is 20.8 Å². The summed E-state index contributed by atoms with van der Waals surface area (Å²) in [5.74, 6) is 0.709. The molecule has 1 aromatic carbocycles. The molecule has 2 rings (SSSR count). The zero-order valence-electron chi connectivity index (χ0n) is 8.95. The van der Waals surface area contributed by atoms with Crippen molar-refractivity contribution in [1.29, 1.82) is 0 Å². The average Bonchev–Trinajstić information content (AvgIpc) is 2.77. The number of oxazole rings is 1. The number of aromatic nitrogens is 1. The first-order chi connectivity index (χ1) is 7.74. The average molecular weight is 239 g/mol. The lowest BCUT2D eigenvalue weighted by atomic mass is 10.1. The van der Waals surface area contributed by atoms with E-state index in [2.05, 4.69) is 10.3 Å². The summed E-state index contributed by atoms with van der Waals surface area (Å²) < 4.78 is 10.4. The smallest absolute Gasteiger partial charge is 0.294 e. The summed E-state index contributed by atoms with van der Waals surface area (Å²) in [6.07, 6.45) is 1.56. The van der Waals surface area contributed by atoms with Crippen molar-refractivity contribution in [2.75, 3.05) is 19.5 Å². The van der Waals surface area contributed by atoms with Crippen molar-refractivity contribution in [2.24, 2.45) is 0 Å². The van der Waals surface area contributed by atoms with Crippen LogP contribution in [0.3, 0.4) is 0 Å². The highest BCUT2D eigenvalue weighted by Crippen LogP contribution is 2.32. The monoisotopic (exact) mass is 238 g/mol. The number of benzene rings is 1. The van der Waals surface area contributed by atoms with Crippen LogP contribution in [0.5, 0.6) is 5.75 Å². The van der Waals surface area contributed by atoms with Gasteiger partial charge in [0.25, 0.3) is 6.01 Å². The molecule has 0 saturated carbocycles. The van der Waals surface area contributed by atoms with Crippen molar-refractivity contribution >= 4 is 17.6 Å². The third kappa shape index (κ3) is 1.97. The first-order valence-electron chi connectivity index (χ1n) is 4.72. The molecule has 0 fully saturated rings. The van der Waals surface area contributed by atoms with Gasteiger partial charge in [-0.2, -0.15) is 4.98 Å². The van der Waals surface area contributed by atoms with Crippen LogP contribution in [0.1, 0.15) is 0 Å². The van der Waals surface area contributed by atoms with Gasteiger partial charge in [-0.25, -0.2) is 0 Å². The predicted octanol–water partition coefficient (Wildman–Crippen LogP) is 3.05. The molecule has 4 nitrogen and oxygen atoms in total. The first kappa shape index (κ1) is 10.8. The van der Waals surface area contributed by atoms with Crippen molar-refractivity contribution < 1.29 is 9.15 Å². The summed E-state index contributed by atoms with van der Waals surface area (Å²) in [5, 5.41) is 3.45. The van der Waals surface area contributed by atoms with Gasteiger partial charge in [-0.15, -0.1) is 0 Å². The molecule has 0 amide bonds. The molecule has 2 aromatic rings. The Morgan fingerprint density at radius 3 is 2.88 bits per heavy atom. The van der Waals surface area contributed by atoms with Gasteiger partial charge in [-0.1, -0.05) is 11.6 Å². The molecule has 1 heterocycles. The molecule has 0 radical (unpaired) electrons. The number of ether oxygens (including phenoxy) is 1. The van der Waals surface area contributed by atoms with E-state index >= 15 is 0 Å². The van der Waals surface area contributed by atoms with Crippen molar-refractivity contribution in [3.63, 3.8) is 0 Å². The van der Waals surface area contributed by atoms with Crippen molar-refractivity contribution in [1.82, 2.24) is 4.98 Å². The number of anilines is 1. The lowest BCUT2D eigenvalue weighted by Crippen LogP contribution is -1.89. The number of nitrogens with one attached hydrogen (secondary N) is 1. The summed E-state index contributed by atoms with van der Waals surface area (Å²) in [7, 11) is 3.34. The molecule has 0 atom stereocenters. The van der Waals surface area contributed by atoms with Gasteiger partial charge in [0.2, 0.25) is 0 Å². The van der Waals surface area contributed by atoms with E-state index < -0.39 is 0 Å². The SMILES string of the molecule is CNc1nc(-c2cc(Cl)ccc2OC)co1. The van der Waals surface area contributed by atoms with E-state index in [9.17, 15) is 0 Å². The van der Waals surface area contributed by atoms with E-state index in [1.807, 2.05) is 0 Å². The normalized spacial score (nSPS) is 10.2. The standard InChI is InChI=1S/C11H11ClN2O2/c1-13-11-14-9(6-16-11)8-5-7(12)3-4-10(8)15-2/h3-6H,1-2H3,(H,13,14). The molecule has 1 aromatic heterocycles. The highest BCUT2D eigenvalue weighted by molar-refractivity contribution is 6.30. The van der Waals surface area contributed by atoms with Gasteiger partial charge in [0.05, 0.1) is 7.11 Å². The highest BCUT2D eigenvalue weighted by Gasteiger charge is 2.11. The molecule has 0 spiro atoms.